The lowest BCUT2D eigenvalue weighted by molar-refractivity contribution is 0.0958. The molecule has 0 aliphatic carbocycles. The van der Waals surface area contributed by atoms with Gasteiger partial charge in [-0.25, -0.2) is 17.5 Å². The first-order valence-corrected chi connectivity index (χ1v) is 8.64. The fourth-order valence-corrected chi connectivity index (χ4v) is 3.00. The molecule has 0 aliphatic heterocycles. The predicted octanol–water partition coefficient (Wildman–Crippen LogP) is 2.22. The third kappa shape index (κ3) is 4.74. The van der Waals surface area contributed by atoms with Crippen molar-refractivity contribution in [3.8, 4) is 0 Å². The molecule has 0 spiro atoms. The van der Waals surface area contributed by atoms with Gasteiger partial charge in [0.05, 0.1) is 4.90 Å². The summed E-state index contributed by atoms with van der Waals surface area (Å²) < 4.78 is 39.9. The third-order valence-corrected chi connectivity index (χ3v) is 4.59. The second kappa shape index (κ2) is 7.85. The van der Waals surface area contributed by atoms with Gasteiger partial charge in [-0.3, -0.25) is 4.79 Å². The minimum absolute atomic E-state index is 0.0177. The molecule has 2 N–H and O–H groups in total. The monoisotopic (exact) mass is 348 g/mol. The Hall–Kier alpha value is -2.51. The van der Waals surface area contributed by atoms with Crippen LogP contribution in [0, 0.1) is 5.82 Å². The summed E-state index contributed by atoms with van der Waals surface area (Å²) >= 11 is 0. The van der Waals surface area contributed by atoms with Crippen LogP contribution in [0.5, 0.6) is 0 Å². The van der Waals surface area contributed by atoms with Gasteiger partial charge in [-0.15, -0.1) is 6.58 Å². The van der Waals surface area contributed by atoms with Crippen molar-refractivity contribution < 1.29 is 17.6 Å². The standard InChI is InChI=1S/C17H17FN2O3S/c1-2-10-19-17(21)14-4-3-5-16(11-14)24(22,23)20-12-13-6-8-15(18)9-7-13/h2-9,11,20H,1,10,12H2,(H,19,21). The minimum atomic E-state index is -3.79. The van der Waals surface area contributed by atoms with Gasteiger partial charge in [-0.1, -0.05) is 24.3 Å². The Morgan fingerprint density at radius 3 is 2.54 bits per heavy atom. The van der Waals surface area contributed by atoms with Crippen molar-refractivity contribution in [3.05, 3.63) is 78.1 Å². The summed E-state index contributed by atoms with van der Waals surface area (Å²) in [6.07, 6.45) is 1.53. The lowest BCUT2D eigenvalue weighted by Crippen LogP contribution is -2.25. The number of hydrogen-bond acceptors (Lipinski definition) is 3. The summed E-state index contributed by atoms with van der Waals surface area (Å²) in [7, 11) is -3.79. The van der Waals surface area contributed by atoms with Crippen LogP contribution in [0.1, 0.15) is 15.9 Å². The zero-order chi connectivity index (χ0) is 17.6. The number of rotatable bonds is 7. The molecule has 2 aromatic rings. The van der Waals surface area contributed by atoms with Crippen molar-refractivity contribution in [2.75, 3.05) is 6.54 Å². The molecule has 7 heteroatoms. The van der Waals surface area contributed by atoms with E-state index in [1.54, 1.807) is 0 Å². The zero-order valence-corrected chi connectivity index (χ0v) is 13.6. The number of amides is 1. The summed E-state index contributed by atoms with van der Waals surface area (Å²) in [6, 6.07) is 11.2. The highest BCUT2D eigenvalue weighted by atomic mass is 32.2. The van der Waals surface area contributed by atoms with E-state index in [9.17, 15) is 17.6 Å². The molecule has 2 rings (SSSR count). The van der Waals surface area contributed by atoms with E-state index < -0.39 is 10.0 Å². The van der Waals surface area contributed by atoms with Crippen LogP contribution in [-0.2, 0) is 16.6 Å². The maximum Gasteiger partial charge on any atom is 0.251 e. The van der Waals surface area contributed by atoms with Crippen LogP contribution >= 0.6 is 0 Å². The molecule has 0 saturated carbocycles. The summed E-state index contributed by atoms with van der Waals surface area (Å²) in [4.78, 5) is 11.9. The molecule has 0 aromatic heterocycles. The van der Waals surface area contributed by atoms with Gasteiger partial charge >= 0.3 is 0 Å². The molecule has 0 aliphatic rings. The number of carbonyl (C=O) groups is 1. The highest BCUT2D eigenvalue weighted by Crippen LogP contribution is 2.12. The smallest absolute Gasteiger partial charge is 0.251 e. The number of carbonyl (C=O) groups excluding carboxylic acids is 1. The fourth-order valence-electron chi connectivity index (χ4n) is 1.94. The molecule has 0 atom stereocenters. The van der Waals surface area contributed by atoms with Crippen molar-refractivity contribution in [3.63, 3.8) is 0 Å². The van der Waals surface area contributed by atoms with Gasteiger partial charge in [0.2, 0.25) is 10.0 Å². The Kier molecular flexibility index (Phi) is 5.83. The molecule has 0 bridgehead atoms. The van der Waals surface area contributed by atoms with E-state index in [1.165, 1.54) is 54.6 Å². The Morgan fingerprint density at radius 2 is 1.88 bits per heavy atom. The van der Waals surface area contributed by atoms with Gasteiger partial charge in [0.15, 0.2) is 0 Å². The van der Waals surface area contributed by atoms with Crippen LogP contribution in [-0.4, -0.2) is 20.9 Å². The van der Waals surface area contributed by atoms with Gasteiger partial charge in [-0.05, 0) is 35.9 Å². The Labute approximate surface area is 140 Å². The van der Waals surface area contributed by atoms with Gasteiger partial charge in [-0.2, -0.15) is 0 Å². The molecular weight excluding hydrogens is 331 g/mol. The van der Waals surface area contributed by atoms with Crippen LogP contribution in [0.2, 0.25) is 0 Å². The number of halogens is 1. The summed E-state index contributed by atoms with van der Waals surface area (Å²) in [5, 5.41) is 2.58. The minimum Gasteiger partial charge on any atom is -0.349 e. The molecule has 5 nitrogen and oxygen atoms in total. The average Bonchev–Trinajstić information content (AvgIpc) is 2.59. The normalized spacial score (nSPS) is 11.0. The maximum atomic E-state index is 12.9. The van der Waals surface area contributed by atoms with E-state index in [0.29, 0.717) is 12.1 Å². The quantitative estimate of drug-likeness (QED) is 0.754. The summed E-state index contributed by atoms with van der Waals surface area (Å²) in [5.74, 6) is -0.773. The Balaban J connectivity index is 2.12. The van der Waals surface area contributed by atoms with Gasteiger partial charge < -0.3 is 5.32 Å². The van der Waals surface area contributed by atoms with E-state index >= 15 is 0 Å². The lowest BCUT2D eigenvalue weighted by Gasteiger charge is -2.09. The van der Waals surface area contributed by atoms with Gasteiger partial charge in [0.1, 0.15) is 5.82 Å². The van der Waals surface area contributed by atoms with Crippen molar-refractivity contribution in [2.45, 2.75) is 11.4 Å². The molecule has 24 heavy (non-hydrogen) atoms. The first-order chi connectivity index (χ1) is 11.4. The molecule has 2 aromatic carbocycles. The highest BCUT2D eigenvalue weighted by Gasteiger charge is 2.16. The lowest BCUT2D eigenvalue weighted by atomic mass is 10.2. The summed E-state index contributed by atoms with van der Waals surface area (Å²) in [6.45, 7) is 3.81. The van der Waals surface area contributed by atoms with Crippen molar-refractivity contribution >= 4 is 15.9 Å². The van der Waals surface area contributed by atoms with Crippen LogP contribution in [0.25, 0.3) is 0 Å². The third-order valence-electron chi connectivity index (χ3n) is 3.19. The fraction of sp³-hybridized carbons (Fsp3) is 0.118. The van der Waals surface area contributed by atoms with E-state index in [2.05, 4.69) is 16.6 Å². The molecule has 0 heterocycles. The molecule has 1 amide bonds. The van der Waals surface area contributed by atoms with E-state index in [1.807, 2.05) is 0 Å². The molecule has 0 saturated heterocycles. The van der Waals surface area contributed by atoms with Gasteiger partial charge in [0.25, 0.3) is 5.91 Å². The van der Waals surface area contributed by atoms with Crippen LogP contribution in [0.3, 0.4) is 0 Å². The predicted molar refractivity (Wildman–Crippen MR) is 89.4 cm³/mol. The molecular formula is C17H17FN2O3S. The first kappa shape index (κ1) is 17.8. The van der Waals surface area contributed by atoms with E-state index in [-0.39, 0.29) is 28.7 Å². The zero-order valence-electron chi connectivity index (χ0n) is 12.8. The second-order valence-corrected chi connectivity index (χ2v) is 6.74. The van der Waals surface area contributed by atoms with E-state index in [4.69, 9.17) is 0 Å². The number of benzene rings is 2. The molecule has 0 fully saturated rings. The highest BCUT2D eigenvalue weighted by molar-refractivity contribution is 7.89. The van der Waals surface area contributed by atoms with Crippen LogP contribution < -0.4 is 10.0 Å². The number of sulfonamides is 1. The van der Waals surface area contributed by atoms with Crippen molar-refractivity contribution in [1.29, 1.82) is 0 Å². The molecule has 0 radical (unpaired) electrons. The van der Waals surface area contributed by atoms with Crippen molar-refractivity contribution in [2.24, 2.45) is 0 Å². The topological polar surface area (TPSA) is 75.3 Å². The summed E-state index contributed by atoms with van der Waals surface area (Å²) in [5.41, 5.74) is 0.862. The first-order valence-electron chi connectivity index (χ1n) is 7.15. The maximum absolute atomic E-state index is 12.9. The average molecular weight is 348 g/mol. The largest absolute Gasteiger partial charge is 0.349 e. The van der Waals surface area contributed by atoms with Crippen molar-refractivity contribution in [1.82, 2.24) is 10.0 Å². The molecule has 0 unspecified atom stereocenters. The number of hydrogen-bond donors (Lipinski definition) is 2. The molecule has 126 valence electrons. The Morgan fingerprint density at radius 1 is 1.17 bits per heavy atom. The van der Waals surface area contributed by atoms with Crippen LogP contribution in [0.15, 0.2) is 66.1 Å². The number of nitrogens with one attached hydrogen (secondary N) is 2. The van der Waals surface area contributed by atoms with Gasteiger partial charge in [0, 0.05) is 18.7 Å². The Bertz CT molecular complexity index is 833. The van der Waals surface area contributed by atoms with E-state index in [0.717, 1.165) is 0 Å². The second-order valence-electron chi connectivity index (χ2n) is 4.98. The SMILES string of the molecule is C=CCNC(=O)c1cccc(S(=O)(=O)NCc2ccc(F)cc2)c1. The van der Waals surface area contributed by atoms with Crippen LogP contribution in [0.4, 0.5) is 4.39 Å².